The van der Waals surface area contributed by atoms with Gasteiger partial charge in [-0.05, 0) is 36.8 Å². The third-order valence-corrected chi connectivity index (χ3v) is 4.10. The number of nitriles is 1. The summed E-state index contributed by atoms with van der Waals surface area (Å²) in [6.07, 6.45) is 0. The lowest BCUT2D eigenvalue weighted by atomic mass is 10.2. The van der Waals surface area contributed by atoms with E-state index >= 15 is 0 Å². The van der Waals surface area contributed by atoms with Gasteiger partial charge in [-0.15, -0.1) is 0 Å². The van der Waals surface area contributed by atoms with Crippen LogP contribution in [0.15, 0.2) is 53.4 Å². The lowest BCUT2D eigenvalue weighted by Crippen LogP contribution is -2.09. The van der Waals surface area contributed by atoms with Crippen molar-refractivity contribution in [3.8, 4) is 11.8 Å². The van der Waals surface area contributed by atoms with Crippen molar-refractivity contribution in [2.75, 3.05) is 12.4 Å². The SMILES string of the molecule is Cc1cccc(S(=O)CCOc2ccccc2C#N)c1. The average Bonchev–Trinajstić information content (AvgIpc) is 2.47. The third kappa shape index (κ3) is 3.69. The quantitative estimate of drug-likeness (QED) is 0.848. The molecule has 1 atom stereocenters. The normalized spacial score (nSPS) is 11.6. The van der Waals surface area contributed by atoms with Crippen LogP contribution in [0, 0.1) is 18.3 Å². The molecule has 102 valence electrons. The third-order valence-electron chi connectivity index (χ3n) is 2.79. The average molecular weight is 285 g/mol. The fourth-order valence-corrected chi connectivity index (χ4v) is 2.81. The Balaban J connectivity index is 1.93. The minimum atomic E-state index is -1.08. The zero-order valence-corrected chi connectivity index (χ0v) is 12.0. The molecule has 0 aliphatic carbocycles. The van der Waals surface area contributed by atoms with Crippen molar-refractivity contribution in [3.63, 3.8) is 0 Å². The van der Waals surface area contributed by atoms with Gasteiger partial charge >= 0.3 is 0 Å². The van der Waals surface area contributed by atoms with Crippen LogP contribution in [0.25, 0.3) is 0 Å². The van der Waals surface area contributed by atoms with Crippen LogP contribution >= 0.6 is 0 Å². The van der Waals surface area contributed by atoms with E-state index in [0.717, 1.165) is 10.5 Å². The van der Waals surface area contributed by atoms with E-state index in [1.54, 1.807) is 18.2 Å². The lowest BCUT2D eigenvalue weighted by Gasteiger charge is -2.07. The Hall–Kier alpha value is -2.12. The van der Waals surface area contributed by atoms with Gasteiger partial charge in [0.15, 0.2) is 0 Å². The van der Waals surface area contributed by atoms with E-state index < -0.39 is 10.8 Å². The van der Waals surface area contributed by atoms with Crippen LogP contribution in [-0.2, 0) is 10.8 Å². The topological polar surface area (TPSA) is 50.1 Å². The summed E-state index contributed by atoms with van der Waals surface area (Å²) in [6, 6.07) is 16.8. The summed E-state index contributed by atoms with van der Waals surface area (Å²) in [4.78, 5) is 0.808. The molecule has 0 heterocycles. The van der Waals surface area contributed by atoms with E-state index in [9.17, 15) is 4.21 Å². The first-order chi connectivity index (χ1) is 9.70. The number of benzene rings is 2. The molecule has 0 N–H and O–H groups in total. The first-order valence-corrected chi connectivity index (χ1v) is 7.59. The molecule has 0 radical (unpaired) electrons. The molecule has 0 aliphatic rings. The fourth-order valence-electron chi connectivity index (χ4n) is 1.79. The molecule has 0 fully saturated rings. The predicted octanol–water partition coefficient (Wildman–Crippen LogP) is 3.05. The molecule has 0 spiro atoms. The monoisotopic (exact) mass is 285 g/mol. The van der Waals surface area contributed by atoms with Gasteiger partial charge in [-0.1, -0.05) is 24.3 Å². The Bertz CT molecular complexity index is 662. The molecule has 0 aromatic heterocycles. The van der Waals surface area contributed by atoms with E-state index in [1.807, 2.05) is 37.3 Å². The van der Waals surface area contributed by atoms with Gasteiger partial charge in [0.1, 0.15) is 18.4 Å². The van der Waals surface area contributed by atoms with E-state index in [0.29, 0.717) is 23.7 Å². The van der Waals surface area contributed by atoms with Crippen LogP contribution in [0.2, 0.25) is 0 Å². The van der Waals surface area contributed by atoms with Gasteiger partial charge in [-0.3, -0.25) is 4.21 Å². The van der Waals surface area contributed by atoms with Gasteiger partial charge in [0.05, 0.1) is 22.1 Å². The molecule has 2 rings (SSSR count). The second-order valence-electron chi connectivity index (χ2n) is 4.32. The highest BCUT2D eigenvalue weighted by Gasteiger charge is 2.06. The highest BCUT2D eigenvalue weighted by molar-refractivity contribution is 7.85. The maximum absolute atomic E-state index is 12.1. The summed E-state index contributed by atoms with van der Waals surface area (Å²) in [5, 5.41) is 8.95. The van der Waals surface area contributed by atoms with Crippen LogP contribution in [0.3, 0.4) is 0 Å². The first-order valence-electron chi connectivity index (χ1n) is 6.27. The summed E-state index contributed by atoms with van der Waals surface area (Å²) in [5.41, 5.74) is 1.58. The van der Waals surface area contributed by atoms with Gasteiger partial charge < -0.3 is 4.74 Å². The molecule has 0 saturated heterocycles. The van der Waals surface area contributed by atoms with Gasteiger partial charge in [0.2, 0.25) is 0 Å². The summed E-state index contributed by atoms with van der Waals surface area (Å²) in [5.74, 6) is 0.944. The molecule has 20 heavy (non-hydrogen) atoms. The molecule has 0 aliphatic heterocycles. The Morgan fingerprint density at radius 3 is 2.75 bits per heavy atom. The molecular formula is C16H15NO2S. The maximum atomic E-state index is 12.1. The molecule has 0 amide bonds. The molecule has 1 unspecified atom stereocenters. The summed E-state index contributed by atoms with van der Waals surface area (Å²) in [6.45, 7) is 2.29. The number of hydrogen-bond acceptors (Lipinski definition) is 3. The van der Waals surface area contributed by atoms with Gasteiger partial charge in [0.25, 0.3) is 0 Å². The van der Waals surface area contributed by atoms with Crippen molar-refractivity contribution in [1.82, 2.24) is 0 Å². The van der Waals surface area contributed by atoms with Crippen LogP contribution in [-0.4, -0.2) is 16.6 Å². The van der Waals surface area contributed by atoms with Crippen molar-refractivity contribution in [2.45, 2.75) is 11.8 Å². The second-order valence-corrected chi connectivity index (χ2v) is 5.89. The zero-order valence-electron chi connectivity index (χ0n) is 11.2. The second kappa shape index (κ2) is 6.88. The molecule has 4 heteroatoms. The van der Waals surface area contributed by atoms with Gasteiger partial charge in [-0.2, -0.15) is 5.26 Å². The van der Waals surface area contributed by atoms with Gasteiger partial charge in [0, 0.05) is 4.90 Å². The molecule has 3 nitrogen and oxygen atoms in total. The molecule has 0 saturated carbocycles. The molecule has 2 aromatic carbocycles. The largest absolute Gasteiger partial charge is 0.491 e. The number of rotatable bonds is 5. The van der Waals surface area contributed by atoms with Crippen LogP contribution in [0.5, 0.6) is 5.75 Å². The number of aryl methyl sites for hydroxylation is 1. The molecule has 0 bridgehead atoms. The lowest BCUT2D eigenvalue weighted by molar-refractivity contribution is 0.341. The van der Waals surface area contributed by atoms with E-state index in [1.165, 1.54) is 0 Å². The van der Waals surface area contributed by atoms with Gasteiger partial charge in [-0.25, -0.2) is 0 Å². The highest BCUT2D eigenvalue weighted by Crippen LogP contribution is 2.16. The number of ether oxygens (including phenoxy) is 1. The summed E-state index contributed by atoms with van der Waals surface area (Å²) >= 11 is 0. The number of nitrogens with zero attached hydrogens (tertiary/aromatic N) is 1. The minimum absolute atomic E-state index is 0.319. The van der Waals surface area contributed by atoms with Crippen molar-refractivity contribution in [3.05, 3.63) is 59.7 Å². The van der Waals surface area contributed by atoms with Crippen molar-refractivity contribution in [1.29, 1.82) is 5.26 Å². The van der Waals surface area contributed by atoms with E-state index in [-0.39, 0.29) is 0 Å². The Labute approximate surface area is 121 Å². The highest BCUT2D eigenvalue weighted by atomic mass is 32.2. The van der Waals surface area contributed by atoms with E-state index in [4.69, 9.17) is 10.00 Å². The standard InChI is InChI=1S/C16H15NO2S/c1-13-5-4-7-15(11-13)20(18)10-9-19-16-8-3-2-6-14(16)12-17/h2-8,11H,9-10H2,1H3. The van der Waals surface area contributed by atoms with Crippen LogP contribution in [0.1, 0.15) is 11.1 Å². The minimum Gasteiger partial charge on any atom is -0.491 e. The molecular weight excluding hydrogens is 270 g/mol. The van der Waals surface area contributed by atoms with Crippen molar-refractivity contribution >= 4 is 10.8 Å². The summed E-state index contributed by atoms with van der Waals surface area (Å²) in [7, 11) is -1.08. The van der Waals surface area contributed by atoms with E-state index in [2.05, 4.69) is 6.07 Å². The first kappa shape index (κ1) is 14.3. The Morgan fingerprint density at radius 1 is 1.20 bits per heavy atom. The van der Waals surface area contributed by atoms with Crippen molar-refractivity contribution < 1.29 is 8.95 Å². The number of hydrogen-bond donors (Lipinski definition) is 0. The fraction of sp³-hybridized carbons (Fsp3) is 0.188. The van der Waals surface area contributed by atoms with Crippen LogP contribution in [0.4, 0.5) is 0 Å². The summed E-state index contributed by atoms with van der Waals surface area (Å²) < 4.78 is 17.6. The predicted molar refractivity (Wildman–Crippen MR) is 79.1 cm³/mol. The maximum Gasteiger partial charge on any atom is 0.137 e. The van der Waals surface area contributed by atoms with Crippen molar-refractivity contribution in [2.24, 2.45) is 0 Å². The Kier molecular flexibility index (Phi) is 4.91. The zero-order chi connectivity index (χ0) is 14.4. The Morgan fingerprint density at radius 2 is 2.00 bits per heavy atom. The van der Waals surface area contributed by atoms with Crippen LogP contribution < -0.4 is 4.74 Å². The smallest absolute Gasteiger partial charge is 0.137 e. The molecule has 2 aromatic rings. The number of para-hydroxylation sites is 1.